The minimum atomic E-state index is -0.0224. The number of phenolic OH excluding ortho intramolecular Hbond substituents is 1. The van der Waals surface area contributed by atoms with Gasteiger partial charge in [0.15, 0.2) is 0 Å². The van der Waals surface area contributed by atoms with E-state index in [4.69, 9.17) is 4.58 Å². The molecule has 2 bridgehead atoms. The van der Waals surface area contributed by atoms with Crippen molar-refractivity contribution in [3.05, 3.63) is 71.6 Å². The molecule has 8 heteroatoms. The second-order valence-electron chi connectivity index (χ2n) is 5.37. The van der Waals surface area contributed by atoms with Gasteiger partial charge in [0, 0.05) is 11.6 Å². The van der Waals surface area contributed by atoms with Gasteiger partial charge < -0.3 is 5.11 Å². The van der Waals surface area contributed by atoms with E-state index in [9.17, 15) is 10.0 Å². The zero-order valence-electron chi connectivity index (χ0n) is 13.3. The Balaban J connectivity index is 1.84. The van der Waals surface area contributed by atoms with Crippen LogP contribution in [0.4, 0.5) is 11.4 Å². The Kier molecular flexibility index (Phi) is 3.91. The van der Waals surface area contributed by atoms with Gasteiger partial charge in [0.2, 0.25) is 5.58 Å². The molecule has 3 aromatic carbocycles. The minimum absolute atomic E-state index is 0.0224. The highest BCUT2D eigenvalue weighted by Gasteiger charge is 2.12. The molecule has 5 rings (SSSR count). The molecular weight excluding hydrogens is 338 g/mol. The van der Waals surface area contributed by atoms with Crippen LogP contribution in [0, 0.1) is 4.91 Å². The molecule has 0 radical (unpaired) electrons. The van der Waals surface area contributed by atoms with Crippen LogP contribution in [-0.2, 0) is 0 Å². The van der Waals surface area contributed by atoms with Crippen molar-refractivity contribution in [2.24, 2.45) is 10.2 Å². The standard InChI is InChI=1S/C18H11N3O5/c22-16-8-4-7-14(12-5-2-1-3-6-12)18(16)20-19-15-11-13-9-10-17(15)24-26-25-21(13)23/h1-11H/p+1. The molecule has 0 aliphatic heterocycles. The maximum atomic E-state index is 11.6. The molecule has 0 saturated carbocycles. The smallest absolute Gasteiger partial charge is 0.324 e. The number of azo groups is 1. The fourth-order valence-corrected chi connectivity index (χ4v) is 2.48. The lowest BCUT2D eigenvalue weighted by molar-refractivity contribution is -0.750. The summed E-state index contributed by atoms with van der Waals surface area (Å²) in [7, 11) is 0. The second-order valence-corrected chi connectivity index (χ2v) is 5.37. The first-order valence-electron chi connectivity index (χ1n) is 7.64. The van der Waals surface area contributed by atoms with E-state index >= 15 is 0 Å². The van der Waals surface area contributed by atoms with E-state index in [0.29, 0.717) is 11.3 Å². The Morgan fingerprint density at radius 3 is 2.62 bits per heavy atom. The molecule has 8 nitrogen and oxygen atoms in total. The van der Waals surface area contributed by atoms with E-state index in [-0.39, 0.29) is 27.1 Å². The lowest BCUT2D eigenvalue weighted by Gasteiger charge is -2.06. The molecule has 0 saturated heterocycles. The zero-order chi connectivity index (χ0) is 17.9. The van der Waals surface area contributed by atoms with Gasteiger partial charge in [0.25, 0.3) is 0 Å². The van der Waals surface area contributed by atoms with Crippen molar-refractivity contribution in [1.29, 1.82) is 0 Å². The van der Waals surface area contributed by atoms with Gasteiger partial charge in [-0.25, -0.2) is 4.58 Å². The first kappa shape index (κ1) is 15.6. The van der Waals surface area contributed by atoms with E-state index in [1.165, 1.54) is 24.3 Å². The predicted octanol–water partition coefficient (Wildman–Crippen LogP) is 4.88. The molecule has 1 N–H and O–H groups in total. The Bertz CT molecular complexity index is 1170. The Morgan fingerprint density at radius 1 is 0.923 bits per heavy atom. The van der Waals surface area contributed by atoms with Crippen molar-refractivity contribution in [1.82, 2.24) is 0 Å². The quantitative estimate of drug-likeness (QED) is 0.418. The fourth-order valence-electron chi connectivity index (χ4n) is 2.48. The molecule has 0 aliphatic rings. The zero-order valence-corrected chi connectivity index (χ0v) is 13.3. The summed E-state index contributed by atoms with van der Waals surface area (Å²) in [6.45, 7) is 0. The monoisotopic (exact) mass is 350 g/mol. The number of aromatic nitrogens is 1. The van der Waals surface area contributed by atoms with Gasteiger partial charge >= 0.3 is 10.1 Å². The van der Waals surface area contributed by atoms with Crippen LogP contribution in [-0.4, -0.2) is 5.11 Å². The van der Waals surface area contributed by atoms with Crippen molar-refractivity contribution in [2.45, 2.75) is 0 Å². The van der Waals surface area contributed by atoms with Crippen LogP contribution in [0.5, 0.6) is 5.75 Å². The third kappa shape index (κ3) is 2.91. The molecule has 0 aliphatic carbocycles. The first-order chi connectivity index (χ1) is 12.7. The number of hydrogen-bond acceptors (Lipinski definition) is 7. The van der Waals surface area contributed by atoms with E-state index in [1.54, 1.807) is 6.07 Å². The molecule has 128 valence electrons. The van der Waals surface area contributed by atoms with Gasteiger partial charge in [0.1, 0.15) is 17.1 Å². The second kappa shape index (κ2) is 6.52. The molecule has 5 aromatic rings. The van der Waals surface area contributed by atoms with Crippen molar-refractivity contribution >= 4 is 22.5 Å². The van der Waals surface area contributed by atoms with Gasteiger partial charge in [-0.15, -0.1) is 10.2 Å². The highest BCUT2D eigenvalue weighted by atomic mass is 17.3. The minimum Gasteiger partial charge on any atom is -0.506 e. The highest BCUT2D eigenvalue weighted by Crippen LogP contribution is 2.38. The molecule has 2 aromatic heterocycles. The lowest BCUT2D eigenvalue weighted by Crippen LogP contribution is -2.11. The number of phenols is 1. The maximum absolute atomic E-state index is 11.6. The highest BCUT2D eigenvalue weighted by molar-refractivity contribution is 5.80. The fraction of sp³-hybridized carbons (Fsp3) is 0. The number of rotatable bonds is 3. The van der Waals surface area contributed by atoms with Crippen LogP contribution in [0.2, 0.25) is 0 Å². The Labute approximate surface area is 145 Å². The average Bonchev–Trinajstić information content (AvgIpc) is 2.66. The number of hydrogen-bond donors (Lipinski definition) is 1. The van der Waals surface area contributed by atoms with Crippen LogP contribution < -0.4 is 4.60 Å². The van der Waals surface area contributed by atoms with Crippen molar-refractivity contribution in [3.8, 4) is 16.9 Å². The molecule has 0 unspecified atom stereocenters. The topological polar surface area (TPSA) is 107 Å². The lowest BCUT2D eigenvalue weighted by atomic mass is 10.0. The summed E-state index contributed by atoms with van der Waals surface area (Å²) in [5, 5.41) is 18.5. The summed E-state index contributed by atoms with van der Waals surface area (Å²) in [5.41, 5.74) is 2.50. The molecule has 26 heavy (non-hydrogen) atoms. The molecule has 0 amide bonds. The largest absolute Gasteiger partial charge is 0.506 e. The van der Waals surface area contributed by atoms with Gasteiger partial charge in [-0.1, -0.05) is 42.5 Å². The summed E-state index contributed by atoms with van der Waals surface area (Å²) in [6.07, 6.45) is 0. The summed E-state index contributed by atoms with van der Waals surface area (Å²) >= 11 is 0. The van der Waals surface area contributed by atoms with Crippen LogP contribution >= 0.6 is 0 Å². The SMILES string of the molecule is O=[n+]1oooc2ccc1cc2N=Nc1c(O)cccc1-c1ccccc1. The van der Waals surface area contributed by atoms with E-state index in [1.807, 2.05) is 36.4 Å². The van der Waals surface area contributed by atoms with E-state index in [2.05, 4.69) is 19.6 Å². The molecule has 2 heterocycles. The average molecular weight is 350 g/mol. The van der Waals surface area contributed by atoms with E-state index in [0.717, 1.165) is 5.56 Å². The van der Waals surface area contributed by atoms with Crippen LogP contribution in [0.25, 0.3) is 22.2 Å². The van der Waals surface area contributed by atoms with Gasteiger partial charge in [0.05, 0.1) is 15.7 Å². The van der Waals surface area contributed by atoms with Crippen LogP contribution in [0.1, 0.15) is 0 Å². The summed E-state index contributed by atoms with van der Waals surface area (Å²) in [6, 6.07) is 19.0. The number of aromatic hydroxyl groups is 1. The Morgan fingerprint density at radius 2 is 1.77 bits per heavy atom. The van der Waals surface area contributed by atoms with E-state index < -0.39 is 0 Å². The number of nitrogens with zero attached hydrogens (tertiary/aromatic N) is 3. The van der Waals surface area contributed by atoms with Crippen LogP contribution in [0.3, 0.4) is 0 Å². The van der Waals surface area contributed by atoms with Gasteiger partial charge in [-0.3, -0.25) is 0 Å². The predicted molar refractivity (Wildman–Crippen MR) is 90.6 cm³/mol. The van der Waals surface area contributed by atoms with Gasteiger partial charge in [-0.2, -0.15) is 0 Å². The molecule has 0 spiro atoms. The molecule has 0 fully saturated rings. The normalized spacial score (nSPS) is 11.2. The summed E-state index contributed by atoms with van der Waals surface area (Å²) in [4.78, 5) is 11.6. The number of fused-ring (bicyclic) bond motifs is 5. The maximum Gasteiger partial charge on any atom is 0.324 e. The van der Waals surface area contributed by atoms with Gasteiger partial charge in [-0.05, 0) is 22.4 Å². The Hall–Kier alpha value is -3.94. The molecular formula is C18H12N3O5+. The summed E-state index contributed by atoms with van der Waals surface area (Å²) < 4.78 is 13.6. The molecule has 0 atom stereocenters. The first-order valence-corrected chi connectivity index (χ1v) is 7.64. The van der Waals surface area contributed by atoms with Crippen molar-refractivity contribution in [2.75, 3.05) is 0 Å². The van der Waals surface area contributed by atoms with Crippen molar-refractivity contribution < 1.29 is 23.7 Å². The van der Waals surface area contributed by atoms with Crippen LogP contribution in [0.15, 0.2) is 91.0 Å². The third-order valence-corrected chi connectivity index (χ3v) is 3.73. The van der Waals surface area contributed by atoms with Crippen molar-refractivity contribution in [3.63, 3.8) is 0 Å². The third-order valence-electron chi connectivity index (χ3n) is 3.73. The number of benzene rings is 3. The summed E-state index contributed by atoms with van der Waals surface area (Å²) in [5.74, 6) is -0.0224.